The van der Waals surface area contributed by atoms with Crippen LogP contribution in [0.1, 0.15) is 32.0 Å². The second-order valence-electron chi connectivity index (χ2n) is 4.38. The zero-order chi connectivity index (χ0) is 11.4. The molecule has 0 bridgehead atoms. The Balaban J connectivity index is 1.82. The molecule has 4 heteroatoms. The van der Waals surface area contributed by atoms with Crippen molar-refractivity contribution in [3.63, 3.8) is 0 Å². The highest BCUT2D eigenvalue weighted by Crippen LogP contribution is 2.20. The van der Waals surface area contributed by atoms with E-state index in [1.54, 1.807) is 12.4 Å². The highest BCUT2D eigenvalue weighted by molar-refractivity contribution is 5.00. The van der Waals surface area contributed by atoms with Gasteiger partial charge >= 0.3 is 0 Å². The first-order valence-electron chi connectivity index (χ1n) is 5.88. The van der Waals surface area contributed by atoms with E-state index >= 15 is 0 Å². The summed E-state index contributed by atoms with van der Waals surface area (Å²) in [5, 5.41) is 3.49. The lowest BCUT2D eigenvalue weighted by atomic mass is 10.0. The van der Waals surface area contributed by atoms with Gasteiger partial charge in [0, 0.05) is 37.8 Å². The van der Waals surface area contributed by atoms with Gasteiger partial charge in [-0.1, -0.05) is 0 Å². The van der Waals surface area contributed by atoms with Crippen LogP contribution in [-0.4, -0.2) is 29.2 Å². The molecule has 1 aromatic heterocycles. The maximum absolute atomic E-state index is 5.54. The first kappa shape index (κ1) is 11.5. The fourth-order valence-electron chi connectivity index (χ4n) is 2.01. The number of hydrogen-bond donors (Lipinski definition) is 1. The van der Waals surface area contributed by atoms with E-state index in [0.29, 0.717) is 12.0 Å². The summed E-state index contributed by atoms with van der Waals surface area (Å²) in [5.74, 6) is 0.624. The first-order chi connectivity index (χ1) is 7.77. The summed E-state index contributed by atoms with van der Waals surface area (Å²) >= 11 is 0. The predicted octanol–water partition coefficient (Wildman–Crippen LogP) is 1.55. The highest BCUT2D eigenvalue weighted by Gasteiger charge is 2.24. The Labute approximate surface area is 96.4 Å². The molecule has 16 heavy (non-hydrogen) atoms. The van der Waals surface area contributed by atoms with Gasteiger partial charge in [-0.2, -0.15) is 0 Å². The molecule has 0 spiro atoms. The Kier molecular flexibility index (Phi) is 3.85. The second kappa shape index (κ2) is 5.37. The molecule has 4 nitrogen and oxygen atoms in total. The maximum Gasteiger partial charge on any atom is 0.0753 e. The van der Waals surface area contributed by atoms with Crippen LogP contribution in [-0.2, 0) is 4.74 Å². The Morgan fingerprint density at radius 1 is 1.56 bits per heavy atom. The quantitative estimate of drug-likeness (QED) is 0.838. The Bertz CT molecular complexity index is 317. The van der Waals surface area contributed by atoms with Crippen molar-refractivity contribution in [1.29, 1.82) is 0 Å². The topological polar surface area (TPSA) is 47.0 Å². The molecule has 1 aromatic rings. The lowest BCUT2D eigenvalue weighted by Crippen LogP contribution is -2.29. The van der Waals surface area contributed by atoms with Crippen LogP contribution in [0.25, 0.3) is 0 Å². The Morgan fingerprint density at radius 2 is 2.44 bits per heavy atom. The fourth-order valence-corrected chi connectivity index (χ4v) is 2.01. The summed E-state index contributed by atoms with van der Waals surface area (Å²) in [7, 11) is 0. The molecule has 88 valence electrons. The number of nitrogens with zero attached hydrogens (tertiary/aromatic N) is 2. The van der Waals surface area contributed by atoms with Crippen molar-refractivity contribution in [2.24, 2.45) is 5.92 Å². The first-order valence-corrected chi connectivity index (χ1v) is 5.88. The molecule has 0 aliphatic carbocycles. The molecule has 0 saturated carbocycles. The molecule has 0 aromatic carbocycles. The molecule has 1 fully saturated rings. The van der Waals surface area contributed by atoms with Gasteiger partial charge in [0.15, 0.2) is 0 Å². The monoisotopic (exact) mass is 221 g/mol. The molecule has 2 rings (SSSR count). The van der Waals surface area contributed by atoms with E-state index < -0.39 is 0 Å². The van der Waals surface area contributed by atoms with Crippen molar-refractivity contribution in [3.05, 3.63) is 24.3 Å². The third-order valence-electron chi connectivity index (χ3n) is 3.25. The average Bonchev–Trinajstić information content (AvgIpc) is 2.73. The summed E-state index contributed by atoms with van der Waals surface area (Å²) in [6, 6.07) is 0.251. The van der Waals surface area contributed by atoms with Gasteiger partial charge in [-0.3, -0.25) is 9.97 Å². The van der Waals surface area contributed by atoms with Gasteiger partial charge in [-0.25, -0.2) is 0 Å². The molecule has 0 radical (unpaired) electrons. The minimum absolute atomic E-state index is 0.251. The molecule has 1 aliphatic heterocycles. The van der Waals surface area contributed by atoms with Gasteiger partial charge in [0.1, 0.15) is 0 Å². The molecule has 3 unspecified atom stereocenters. The largest absolute Gasteiger partial charge is 0.378 e. The van der Waals surface area contributed by atoms with Crippen molar-refractivity contribution < 1.29 is 4.74 Å². The van der Waals surface area contributed by atoms with Crippen LogP contribution in [0.15, 0.2) is 18.6 Å². The summed E-state index contributed by atoms with van der Waals surface area (Å²) in [6.07, 6.45) is 6.77. The van der Waals surface area contributed by atoms with Crippen LogP contribution in [0, 0.1) is 5.92 Å². The summed E-state index contributed by atoms with van der Waals surface area (Å²) in [4.78, 5) is 8.36. The average molecular weight is 221 g/mol. The van der Waals surface area contributed by atoms with Crippen molar-refractivity contribution in [2.45, 2.75) is 32.4 Å². The summed E-state index contributed by atoms with van der Waals surface area (Å²) in [5.41, 5.74) is 0.995. The number of nitrogens with one attached hydrogen (secondary N) is 1. The fraction of sp³-hybridized carbons (Fsp3) is 0.667. The third kappa shape index (κ3) is 2.77. The molecule has 1 aliphatic rings. The maximum atomic E-state index is 5.54. The van der Waals surface area contributed by atoms with E-state index in [0.717, 1.165) is 25.3 Å². The van der Waals surface area contributed by atoms with Gasteiger partial charge in [0.25, 0.3) is 0 Å². The van der Waals surface area contributed by atoms with E-state index in [2.05, 4.69) is 29.1 Å². The molecular weight excluding hydrogens is 202 g/mol. The van der Waals surface area contributed by atoms with E-state index in [9.17, 15) is 0 Å². The summed E-state index contributed by atoms with van der Waals surface area (Å²) in [6.45, 7) is 6.14. The molecule has 1 N–H and O–H groups in total. The lowest BCUT2D eigenvalue weighted by Gasteiger charge is -2.18. The van der Waals surface area contributed by atoms with Crippen LogP contribution in [0.2, 0.25) is 0 Å². The van der Waals surface area contributed by atoms with Gasteiger partial charge in [0.05, 0.1) is 11.8 Å². The smallest absolute Gasteiger partial charge is 0.0753 e. The van der Waals surface area contributed by atoms with Crippen LogP contribution in [0.5, 0.6) is 0 Å². The standard InChI is InChI=1S/C12H19N3O/c1-9(12-8-13-4-5-14-12)15-7-11-3-6-16-10(11)2/h4-5,8-11,15H,3,6-7H2,1-2H3. The van der Waals surface area contributed by atoms with E-state index in [-0.39, 0.29) is 6.04 Å². The third-order valence-corrected chi connectivity index (χ3v) is 3.25. The van der Waals surface area contributed by atoms with E-state index in [4.69, 9.17) is 4.74 Å². The Hall–Kier alpha value is -1.00. The SMILES string of the molecule is CC(NCC1CCOC1C)c1cnccn1. The van der Waals surface area contributed by atoms with Crippen molar-refractivity contribution in [2.75, 3.05) is 13.2 Å². The molecule has 3 atom stereocenters. The predicted molar refractivity (Wildman–Crippen MR) is 62.0 cm³/mol. The van der Waals surface area contributed by atoms with E-state index in [1.807, 2.05) is 6.20 Å². The Morgan fingerprint density at radius 3 is 3.06 bits per heavy atom. The summed E-state index contributed by atoms with van der Waals surface area (Å²) < 4.78 is 5.54. The van der Waals surface area contributed by atoms with Crippen LogP contribution >= 0.6 is 0 Å². The second-order valence-corrected chi connectivity index (χ2v) is 4.38. The molecule has 0 amide bonds. The number of ether oxygens (including phenoxy) is 1. The van der Waals surface area contributed by atoms with Crippen LogP contribution in [0.4, 0.5) is 0 Å². The molecule has 1 saturated heterocycles. The highest BCUT2D eigenvalue weighted by atomic mass is 16.5. The zero-order valence-electron chi connectivity index (χ0n) is 9.89. The van der Waals surface area contributed by atoms with Gasteiger partial charge < -0.3 is 10.1 Å². The minimum Gasteiger partial charge on any atom is -0.378 e. The van der Waals surface area contributed by atoms with Crippen LogP contribution < -0.4 is 5.32 Å². The van der Waals surface area contributed by atoms with Crippen molar-refractivity contribution >= 4 is 0 Å². The van der Waals surface area contributed by atoms with E-state index in [1.165, 1.54) is 0 Å². The molecule has 2 heterocycles. The van der Waals surface area contributed by atoms with Crippen LogP contribution in [0.3, 0.4) is 0 Å². The molecular formula is C12H19N3O. The zero-order valence-corrected chi connectivity index (χ0v) is 9.89. The van der Waals surface area contributed by atoms with Gasteiger partial charge in [0.2, 0.25) is 0 Å². The van der Waals surface area contributed by atoms with Gasteiger partial charge in [-0.05, 0) is 26.2 Å². The number of aromatic nitrogens is 2. The van der Waals surface area contributed by atoms with Gasteiger partial charge in [-0.15, -0.1) is 0 Å². The lowest BCUT2D eigenvalue weighted by molar-refractivity contribution is 0.105. The number of rotatable bonds is 4. The van der Waals surface area contributed by atoms with Crippen molar-refractivity contribution in [3.8, 4) is 0 Å². The number of hydrogen-bond acceptors (Lipinski definition) is 4. The normalized spacial score (nSPS) is 26.9. The van der Waals surface area contributed by atoms with Crippen molar-refractivity contribution in [1.82, 2.24) is 15.3 Å². The minimum atomic E-state index is 0.251.